The zero-order valence-electron chi connectivity index (χ0n) is 8.33. The van der Waals surface area contributed by atoms with Crippen molar-refractivity contribution in [3.63, 3.8) is 0 Å². The number of hydrogen-bond acceptors (Lipinski definition) is 3. The topological polar surface area (TPSA) is 58.6 Å². The molecule has 0 aliphatic heterocycles. The summed E-state index contributed by atoms with van der Waals surface area (Å²) in [6, 6.07) is 0. The number of rotatable bonds is 3. The number of amides is 1. The fourth-order valence-electron chi connectivity index (χ4n) is 0.660. The van der Waals surface area contributed by atoms with Crippen molar-refractivity contribution in [2.75, 3.05) is 0 Å². The van der Waals surface area contributed by atoms with Crippen molar-refractivity contribution in [3.05, 3.63) is 12.7 Å². The lowest BCUT2D eigenvalue weighted by atomic mass is 10.2. The summed E-state index contributed by atoms with van der Waals surface area (Å²) in [4.78, 5) is 11.0. The van der Waals surface area contributed by atoms with E-state index < -0.39 is 17.9 Å². The van der Waals surface area contributed by atoms with Crippen molar-refractivity contribution in [2.24, 2.45) is 0 Å². The van der Waals surface area contributed by atoms with Crippen molar-refractivity contribution >= 4 is 6.09 Å². The highest BCUT2D eigenvalue weighted by molar-refractivity contribution is 5.67. The van der Waals surface area contributed by atoms with E-state index in [9.17, 15) is 4.79 Å². The summed E-state index contributed by atoms with van der Waals surface area (Å²) in [5.74, 6) is 0. The Morgan fingerprint density at radius 1 is 1.69 bits per heavy atom. The van der Waals surface area contributed by atoms with Gasteiger partial charge in [0.15, 0.2) is 0 Å². The molecule has 4 nitrogen and oxygen atoms in total. The molecule has 0 saturated heterocycles. The number of carbonyl (C=O) groups is 1. The fraction of sp³-hybridized carbons (Fsp3) is 0.667. The van der Waals surface area contributed by atoms with Gasteiger partial charge in [-0.05, 0) is 20.8 Å². The third kappa shape index (κ3) is 7.33. The first kappa shape index (κ1) is 12.0. The maximum Gasteiger partial charge on any atom is 0.409 e. The van der Waals surface area contributed by atoms with Gasteiger partial charge in [0.2, 0.25) is 0 Å². The lowest BCUT2D eigenvalue weighted by Crippen LogP contribution is -2.38. The molecule has 0 aromatic carbocycles. The van der Waals surface area contributed by atoms with Crippen LogP contribution in [-0.2, 0) is 4.74 Å². The molecule has 0 heterocycles. The van der Waals surface area contributed by atoms with E-state index in [1.807, 2.05) is 0 Å². The van der Waals surface area contributed by atoms with Crippen molar-refractivity contribution in [1.82, 2.24) is 5.32 Å². The van der Waals surface area contributed by atoms with E-state index in [1.54, 1.807) is 20.8 Å². The first-order valence-electron chi connectivity index (χ1n) is 4.13. The highest BCUT2D eigenvalue weighted by Gasteiger charge is 2.17. The Hall–Kier alpha value is -1.03. The summed E-state index contributed by atoms with van der Waals surface area (Å²) >= 11 is 0. The third-order valence-electron chi connectivity index (χ3n) is 1.07. The average Bonchev–Trinajstić information content (AvgIpc) is 1.81. The minimum absolute atomic E-state index is 0.305. The van der Waals surface area contributed by atoms with Gasteiger partial charge in [-0.1, -0.05) is 6.08 Å². The second-order valence-corrected chi connectivity index (χ2v) is 3.69. The van der Waals surface area contributed by atoms with Crippen LogP contribution in [0.15, 0.2) is 12.7 Å². The molecule has 0 aromatic heterocycles. The summed E-state index contributed by atoms with van der Waals surface area (Å²) in [6.45, 7) is 8.70. The molecule has 1 amide bonds. The molecular weight excluding hydrogens is 170 g/mol. The number of ether oxygens (including phenoxy) is 1. The van der Waals surface area contributed by atoms with Crippen molar-refractivity contribution < 1.29 is 14.6 Å². The molecule has 76 valence electrons. The van der Waals surface area contributed by atoms with Gasteiger partial charge in [-0.3, -0.25) is 5.32 Å². The summed E-state index contributed by atoms with van der Waals surface area (Å²) in [5, 5.41) is 11.4. The maximum atomic E-state index is 11.0. The summed E-state index contributed by atoms with van der Waals surface area (Å²) < 4.78 is 4.91. The standard InChI is InChI=1S/C9H17NO3/c1-5-6-7(11)10-8(12)13-9(2,3)4/h5,7,11H,1,6H2,2-4H3,(H,10,12). The minimum Gasteiger partial charge on any atom is -0.444 e. The molecule has 0 bridgehead atoms. The van der Waals surface area contributed by atoms with Crippen molar-refractivity contribution in [2.45, 2.75) is 39.0 Å². The maximum absolute atomic E-state index is 11.0. The van der Waals surface area contributed by atoms with E-state index in [2.05, 4.69) is 11.9 Å². The molecule has 13 heavy (non-hydrogen) atoms. The Kier molecular flexibility index (Phi) is 4.48. The van der Waals surface area contributed by atoms with Gasteiger partial charge in [0.05, 0.1) is 0 Å². The van der Waals surface area contributed by atoms with Gasteiger partial charge >= 0.3 is 6.09 Å². The second-order valence-electron chi connectivity index (χ2n) is 3.69. The van der Waals surface area contributed by atoms with Gasteiger partial charge < -0.3 is 9.84 Å². The molecule has 2 N–H and O–H groups in total. The first-order valence-corrected chi connectivity index (χ1v) is 4.13. The predicted octanol–water partition coefficient (Wildman–Crippen LogP) is 1.41. The molecule has 0 rings (SSSR count). The van der Waals surface area contributed by atoms with Crippen molar-refractivity contribution in [3.8, 4) is 0 Å². The Morgan fingerprint density at radius 2 is 2.23 bits per heavy atom. The summed E-state index contributed by atoms with van der Waals surface area (Å²) in [6.07, 6.45) is 0.274. The Morgan fingerprint density at radius 3 is 2.62 bits per heavy atom. The zero-order valence-corrected chi connectivity index (χ0v) is 8.33. The summed E-state index contributed by atoms with van der Waals surface area (Å²) in [5.41, 5.74) is -0.544. The van der Waals surface area contributed by atoms with Crippen LogP contribution in [-0.4, -0.2) is 23.0 Å². The Bertz CT molecular complexity index is 184. The molecule has 0 radical (unpaired) electrons. The van der Waals surface area contributed by atoms with Crippen LogP contribution < -0.4 is 5.32 Å². The van der Waals surface area contributed by atoms with E-state index in [4.69, 9.17) is 9.84 Å². The van der Waals surface area contributed by atoms with E-state index in [1.165, 1.54) is 6.08 Å². The molecule has 1 atom stereocenters. The lowest BCUT2D eigenvalue weighted by molar-refractivity contribution is 0.0364. The Labute approximate surface area is 78.6 Å². The van der Waals surface area contributed by atoms with Gasteiger partial charge in [-0.25, -0.2) is 4.79 Å². The average molecular weight is 187 g/mol. The van der Waals surface area contributed by atoms with E-state index in [0.717, 1.165) is 0 Å². The minimum atomic E-state index is -0.924. The van der Waals surface area contributed by atoms with Gasteiger partial charge in [0, 0.05) is 6.42 Å². The lowest BCUT2D eigenvalue weighted by Gasteiger charge is -2.21. The van der Waals surface area contributed by atoms with Crippen LogP contribution in [0.4, 0.5) is 4.79 Å². The SMILES string of the molecule is C=CCC(O)NC(=O)OC(C)(C)C. The van der Waals surface area contributed by atoms with Crippen LogP contribution >= 0.6 is 0 Å². The quantitative estimate of drug-likeness (QED) is 0.518. The molecule has 4 heteroatoms. The number of aliphatic hydroxyl groups is 1. The zero-order chi connectivity index (χ0) is 10.5. The first-order chi connectivity index (χ1) is 5.85. The molecule has 0 aliphatic carbocycles. The van der Waals surface area contributed by atoms with Crippen LogP contribution in [0.25, 0.3) is 0 Å². The van der Waals surface area contributed by atoms with E-state index >= 15 is 0 Å². The van der Waals surface area contributed by atoms with Crippen LogP contribution in [0, 0.1) is 0 Å². The second kappa shape index (κ2) is 4.87. The smallest absolute Gasteiger partial charge is 0.409 e. The van der Waals surface area contributed by atoms with E-state index in [0.29, 0.717) is 6.42 Å². The van der Waals surface area contributed by atoms with E-state index in [-0.39, 0.29) is 0 Å². The highest BCUT2D eigenvalue weighted by Crippen LogP contribution is 2.06. The largest absolute Gasteiger partial charge is 0.444 e. The summed E-state index contributed by atoms with van der Waals surface area (Å²) in [7, 11) is 0. The van der Waals surface area contributed by atoms with Crippen LogP contribution in [0.3, 0.4) is 0 Å². The van der Waals surface area contributed by atoms with Gasteiger partial charge in [-0.15, -0.1) is 6.58 Å². The third-order valence-corrected chi connectivity index (χ3v) is 1.07. The van der Waals surface area contributed by atoms with Gasteiger partial charge in [0.25, 0.3) is 0 Å². The highest BCUT2D eigenvalue weighted by atomic mass is 16.6. The molecule has 0 fully saturated rings. The molecule has 0 spiro atoms. The molecule has 0 saturated carbocycles. The monoisotopic (exact) mass is 187 g/mol. The predicted molar refractivity (Wildman–Crippen MR) is 50.2 cm³/mol. The molecule has 0 aliphatic rings. The molecular formula is C9H17NO3. The number of nitrogens with one attached hydrogen (secondary N) is 1. The molecule has 0 aromatic rings. The van der Waals surface area contributed by atoms with Crippen molar-refractivity contribution in [1.29, 1.82) is 0 Å². The Balaban J connectivity index is 3.81. The fourth-order valence-corrected chi connectivity index (χ4v) is 0.660. The number of alkyl carbamates (subject to hydrolysis) is 1. The molecule has 1 unspecified atom stereocenters. The van der Waals surface area contributed by atoms with Gasteiger partial charge in [0.1, 0.15) is 11.8 Å². The normalized spacial score (nSPS) is 13.2. The van der Waals surface area contributed by atoms with Crippen LogP contribution in [0.2, 0.25) is 0 Å². The number of carbonyl (C=O) groups excluding carboxylic acids is 1. The van der Waals surface area contributed by atoms with Crippen LogP contribution in [0.5, 0.6) is 0 Å². The van der Waals surface area contributed by atoms with Gasteiger partial charge in [-0.2, -0.15) is 0 Å². The number of aliphatic hydroxyl groups excluding tert-OH is 1. The van der Waals surface area contributed by atoms with Crippen LogP contribution in [0.1, 0.15) is 27.2 Å². The number of hydrogen-bond donors (Lipinski definition) is 2.